The van der Waals surface area contributed by atoms with Crippen LogP contribution in [0.4, 0.5) is 4.79 Å². The maximum atomic E-state index is 11.6. The largest absolute Gasteiger partial charge is 0.508 e. The smallest absolute Gasteiger partial charge is 0.407 e. The highest BCUT2D eigenvalue weighted by Gasteiger charge is 2.21. The average Bonchev–Trinajstić information content (AvgIpc) is 2.60. The van der Waals surface area contributed by atoms with E-state index in [1.54, 1.807) is 0 Å². The van der Waals surface area contributed by atoms with Crippen LogP contribution in [-0.4, -0.2) is 34.1 Å². The van der Waals surface area contributed by atoms with Crippen molar-refractivity contribution in [3.8, 4) is 5.75 Å². The number of hydrogen-bond donors (Lipinski definition) is 4. The first-order valence-corrected chi connectivity index (χ1v) is 8.14. The van der Waals surface area contributed by atoms with Gasteiger partial charge < -0.3 is 25.4 Å². The number of aliphatic hydroxyl groups excluding tert-OH is 2. The van der Waals surface area contributed by atoms with Gasteiger partial charge in [-0.25, -0.2) is 4.79 Å². The summed E-state index contributed by atoms with van der Waals surface area (Å²) in [7, 11) is 0. The van der Waals surface area contributed by atoms with Gasteiger partial charge in [-0.2, -0.15) is 0 Å². The molecule has 0 heterocycles. The third kappa shape index (κ3) is 5.94. The zero-order chi connectivity index (χ0) is 18.2. The first-order valence-electron chi connectivity index (χ1n) is 7.76. The van der Waals surface area contributed by atoms with Gasteiger partial charge in [-0.15, -0.1) is 0 Å². The molecule has 0 fully saturated rings. The monoisotopic (exact) mass is 365 g/mol. The minimum Gasteiger partial charge on any atom is -0.508 e. The second-order valence-corrected chi connectivity index (χ2v) is 5.93. The standard InChI is InChI=1S/C18H20ClNO5/c19-13-6-7-14(16(22)10-13)17(23)15(21)8-9-20-18(24)25-11-12-4-2-1-3-5-12/h1-7,10,15,17,21-23H,8-9,11H2,(H,20,24). The van der Waals surface area contributed by atoms with Crippen LogP contribution in [0.5, 0.6) is 5.75 Å². The molecule has 2 rings (SSSR count). The molecule has 0 aliphatic heterocycles. The van der Waals surface area contributed by atoms with Gasteiger partial charge >= 0.3 is 6.09 Å². The van der Waals surface area contributed by atoms with Crippen LogP contribution in [0.3, 0.4) is 0 Å². The Bertz CT molecular complexity index is 695. The van der Waals surface area contributed by atoms with Crippen molar-refractivity contribution < 1.29 is 24.9 Å². The molecule has 0 saturated carbocycles. The molecule has 0 saturated heterocycles. The number of amides is 1. The summed E-state index contributed by atoms with van der Waals surface area (Å²) in [4.78, 5) is 11.6. The van der Waals surface area contributed by atoms with Gasteiger partial charge in [0.2, 0.25) is 0 Å². The third-order valence-electron chi connectivity index (χ3n) is 3.60. The maximum Gasteiger partial charge on any atom is 0.407 e. The Kier molecular flexibility index (Phi) is 7.06. The van der Waals surface area contributed by atoms with E-state index in [0.717, 1.165) is 5.56 Å². The lowest BCUT2D eigenvalue weighted by atomic mass is 10.0. The van der Waals surface area contributed by atoms with E-state index in [1.165, 1.54) is 18.2 Å². The molecular weight excluding hydrogens is 346 g/mol. The van der Waals surface area contributed by atoms with Crippen LogP contribution in [-0.2, 0) is 11.3 Å². The molecular formula is C18H20ClNO5. The van der Waals surface area contributed by atoms with Crippen molar-refractivity contribution in [2.45, 2.75) is 25.2 Å². The van der Waals surface area contributed by atoms with E-state index >= 15 is 0 Å². The number of halogens is 1. The first-order chi connectivity index (χ1) is 12.0. The predicted octanol–water partition coefficient (Wildman–Crippen LogP) is 2.76. The molecule has 2 unspecified atom stereocenters. The van der Waals surface area contributed by atoms with Crippen molar-refractivity contribution >= 4 is 17.7 Å². The number of carbonyl (C=O) groups excluding carboxylic acids is 1. The number of rotatable bonds is 7. The van der Waals surface area contributed by atoms with E-state index < -0.39 is 18.3 Å². The summed E-state index contributed by atoms with van der Waals surface area (Å²) in [5, 5.41) is 32.7. The molecule has 2 atom stereocenters. The van der Waals surface area contributed by atoms with Crippen molar-refractivity contribution in [1.29, 1.82) is 0 Å². The van der Waals surface area contributed by atoms with Crippen molar-refractivity contribution in [2.24, 2.45) is 0 Å². The number of phenolic OH excluding ortho intramolecular Hbond substituents is 1. The van der Waals surface area contributed by atoms with Crippen molar-refractivity contribution in [3.63, 3.8) is 0 Å². The van der Waals surface area contributed by atoms with Crippen LogP contribution < -0.4 is 5.32 Å². The van der Waals surface area contributed by atoms with Crippen LogP contribution in [0.1, 0.15) is 23.7 Å². The van der Waals surface area contributed by atoms with Crippen LogP contribution in [0.15, 0.2) is 48.5 Å². The molecule has 6 nitrogen and oxygen atoms in total. The number of alkyl carbamates (subject to hydrolysis) is 1. The zero-order valence-electron chi connectivity index (χ0n) is 13.4. The van der Waals surface area contributed by atoms with Crippen molar-refractivity contribution in [2.75, 3.05) is 6.54 Å². The summed E-state index contributed by atoms with van der Waals surface area (Å²) < 4.78 is 5.04. The van der Waals surface area contributed by atoms with Gasteiger partial charge in [0.25, 0.3) is 0 Å². The SMILES string of the molecule is O=C(NCCC(O)C(O)c1ccc(Cl)cc1O)OCc1ccccc1. The van der Waals surface area contributed by atoms with Gasteiger partial charge in [0, 0.05) is 17.1 Å². The number of benzene rings is 2. The summed E-state index contributed by atoms with van der Waals surface area (Å²) in [6.07, 6.45) is -2.98. The van der Waals surface area contributed by atoms with Gasteiger partial charge in [-0.1, -0.05) is 48.0 Å². The molecule has 0 radical (unpaired) electrons. The second kappa shape index (κ2) is 9.27. The van der Waals surface area contributed by atoms with Gasteiger partial charge in [-0.05, 0) is 24.1 Å². The van der Waals surface area contributed by atoms with E-state index in [4.69, 9.17) is 16.3 Å². The number of nitrogens with one attached hydrogen (secondary N) is 1. The highest BCUT2D eigenvalue weighted by molar-refractivity contribution is 6.30. The molecule has 25 heavy (non-hydrogen) atoms. The highest BCUT2D eigenvalue weighted by atomic mass is 35.5. The minimum atomic E-state index is -1.29. The normalized spacial score (nSPS) is 13.1. The Hall–Kier alpha value is -2.28. The Labute approximate surface area is 150 Å². The molecule has 0 spiro atoms. The number of aromatic hydroxyl groups is 1. The van der Waals surface area contributed by atoms with E-state index in [1.807, 2.05) is 30.3 Å². The Morgan fingerprint density at radius 3 is 2.56 bits per heavy atom. The summed E-state index contributed by atoms with van der Waals surface area (Å²) >= 11 is 5.73. The van der Waals surface area contributed by atoms with E-state index in [0.29, 0.717) is 5.02 Å². The third-order valence-corrected chi connectivity index (χ3v) is 3.83. The van der Waals surface area contributed by atoms with E-state index in [9.17, 15) is 20.1 Å². The quantitative estimate of drug-likeness (QED) is 0.604. The van der Waals surface area contributed by atoms with Gasteiger partial charge in [0.1, 0.15) is 18.5 Å². The molecule has 4 N–H and O–H groups in total. The average molecular weight is 366 g/mol. The number of phenols is 1. The molecule has 7 heteroatoms. The lowest BCUT2D eigenvalue weighted by Gasteiger charge is -2.19. The summed E-state index contributed by atoms with van der Waals surface area (Å²) in [6, 6.07) is 13.5. The summed E-state index contributed by atoms with van der Waals surface area (Å²) in [5.41, 5.74) is 1.04. The molecule has 2 aromatic carbocycles. The Morgan fingerprint density at radius 1 is 1.16 bits per heavy atom. The second-order valence-electron chi connectivity index (χ2n) is 5.49. The van der Waals surface area contributed by atoms with Crippen LogP contribution in [0.2, 0.25) is 5.02 Å². The molecule has 0 bridgehead atoms. The summed E-state index contributed by atoms with van der Waals surface area (Å²) in [6.45, 7) is 0.261. The fourth-order valence-electron chi connectivity index (χ4n) is 2.23. The van der Waals surface area contributed by atoms with Gasteiger partial charge in [0.15, 0.2) is 0 Å². The van der Waals surface area contributed by atoms with Crippen molar-refractivity contribution in [1.82, 2.24) is 5.32 Å². The van der Waals surface area contributed by atoms with Gasteiger partial charge in [-0.3, -0.25) is 0 Å². The fourth-order valence-corrected chi connectivity index (χ4v) is 2.39. The fraction of sp³-hybridized carbons (Fsp3) is 0.278. The predicted molar refractivity (Wildman–Crippen MR) is 93.3 cm³/mol. The van der Waals surface area contributed by atoms with Crippen LogP contribution >= 0.6 is 11.6 Å². The number of aliphatic hydroxyl groups is 2. The Balaban J connectivity index is 1.74. The van der Waals surface area contributed by atoms with Crippen LogP contribution in [0, 0.1) is 0 Å². The molecule has 0 aliphatic rings. The number of hydrogen-bond acceptors (Lipinski definition) is 5. The Morgan fingerprint density at radius 2 is 1.88 bits per heavy atom. The lowest BCUT2D eigenvalue weighted by Crippen LogP contribution is -2.29. The molecule has 0 aliphatic carbocycles. The number of ether oxygens (including phenoxy) is 1. The zero-order valence-corrected chi connectivity index (χ0v) is 14.2. The molecule has 134 valence electrons. The molecule has 1 amide bonds. The summed E-state index contributed by atoms with van der Waals surface area (Å²) in [5.74, 6) is -0.200. The highest BCUT2D eigenvalue weighted by Crippen LogP contribution is 2.29. The topological polar surface area (TPSA) is 99.0 Å². The number of carbonyl (C=O) groups is 1. The van der Waals surface area contributed by atoms with E-state index in [-0.39, 0.29) is 30.9 Å². The molecule has 2 aromatic rings. The maximum absolute atomic E-state index is 11.6. The van der Waals surface area contributed by atoms with E-state index in [2.05, 4.69) is 5.32 Å². The first kappa shape index (κ1) is 19.1. The van der Waals surface area contributed by atoms with Gasteiger partial charge in [0.05, 0.1) is 6.10 Å². The molecule has 0 aromatic heterocycles. The van der Waals surface area contributed by atoms with Crippen molar-refractivity contribution in [3.05, 3.63) is 64.7 Å². The van der Waals surface area contributed by atoms with Crippen LogP contribution in [0.25, 0.3) is 0 Å². The minimum absolute atomic E-state index is 0.0870. The lowest BCUT2D eigenvalue weighted by molar-refractivity contribution is 0.0123.